The average molecular weight is 391 g/mol. The molecular formula is C19H19F2N3O2S. The molecule has 2 heterocycles. The first-order chi connectivity index (χ1) is 12.9. The van der Waals surface area contributed by atoms with Gasteiger partial charge in [-0.2, -0.15) is 0 Å². The lowest BCUT2D eigenvalue weighted by Crippen LogP contribution is -2.47. The highest BCUT2D eigenvalue weighted by molar-refractivity contribution is 7.15. The first-order valence-electron chi connectivity index (χ1n) is 8.91. The lowest BCUT2D eigenvalue weighted by Gasteiger charge is -2.27. The van der Waals surface area contributed by atoms with Crippen LogP contribution in [0.15, 0.2) is 18.2 Å². The van der Waals surface area contributed by atoms with Crippen molar-refractivity contribution in [2.75, 3.05) is 0 Å². The van der Waals surface area contributed by atoms with Gasteiger partial charge in [-0.05, 0) is 49.8 Å². The molecule has 1 aromatic heterocycles. The maximum absolute atomic E-state index is 13.7. The number of aromatic nitrogens is 1. The third-order valence-electron chi connectivity index (χ3n) is 5.52. The molecule has 142 valence electrons. The van der Waals surface area contributed by atoms with E-state index in [1.165, 1.54) is 17.4 Å². The highest BCUT2D eigenvalue weighted by Gasteiger charge is 2.49. The largest absolute Gasteiger partial charge is 0.368 e. The van der Waals surface area contributed by atoms with Crippen molar-refractivity contribution in [1.82, 2.24) is 9.88 Å². The molecular weight excluding hydrogens is 372 g/mol. The number of thiazole rings is 1. The van der Waals surface area contributed by atoms with Gasteiger partial charge in [0.1, 0.15) is 11.7 Å². The van der Waals surface area contributed by atoms with E-state index in [2.05, 4.69) is 4.98 Å². The number of nitrogens with two attached hydrogens (primary N) is 1. The molecule has 2 N–H and O–H groups in total. The number of primary amides is 1. The molecule has 3 atom stereocenters. The Kier molecular flexibility index (Phi) is 4.46. The van der Waals surface area contributed by atoms with Gasteiger partial charge in [0.25, 0.3) is 5.91 Å². The van der Waals surface area contributed by atoms with Crippen LogP contribution in [-0.2, 0) is 4.79 Å². The first-order valence-corrected chi connectivity index (χ1v) is 9.73. The van der Waals surface area contributed by atoms with E-state index in [1.807, 2.05) is 0 Å². The number of hydrogen-bond acceptors (Lipinski definition) is 4. The number of carbonyl (C=O) groups excluding carboxylic acids is 2. The van der Waals surface area contributed by atoms with E-state index in [0.29, 0.717) is 21.9 Å². The fourth-order valence-electron chi connectivity index (χ4n) is 4.36. The molecule has 2 aromatic rings. The summed E-state index contributed by atoms with van der Waals surface area (Å²) in [7, 11) is 0. The number of hydrogen-bond donors (Lipinski definition) is 1. The van der Waals surface area contributed by atoms with Gasteiger partial charge in [0.15, 0.2) is 11.6 Å². The minimum Gasteiger partial charge on any atom is -0.368 e. The Morgan fingerprint density at radius 2 is 2.04 bits per heavy atom. The molecule has 0 bridgehead atoms. The summed E-state index contributed by atoms with van der Waals surface area (Å²) in [6.07, 6.45) is 3.40. The fraction of sp³-hybridized carbons (Fsp3) is 0.421. The minimum absolute atomic E-state index is 0.0187. The monoisotopic (exact) mass is 391 g/mol. The average Bonchev–Trinajstić information content (AvgIpc) is 3.30. The Morgan fingerprint density at radius 3 is 2.74 bits per heavy atom. The summed E-state index contributed by atoms with van der Waals surface area (Å²) >= 11 is 1.24. The summed E-state index contributed by atoms with van der Waals surface area (Å²) in [6.45, 7) is 1.75. The van der Waals surface area contributed by atoms with Gasteiger partial charge in [0.05, 0.1) is 9.88 Å². The normalized spacial score (nSPS) is 24.3. The Balaban J connectivity index is 1.75. The molecule has 2 aliphatic rings. The zero-order valence-corrected chi connectivity index (χ0v) is 15.6. The van der Waals surface area contributed by atoms with Crippen LogP contribution in [0, 0.1) is 24.5 Å². The van der Waals surface area contributed by atoms with E-state index in [9.17, 15) is 18.4 Å². The number of carbonyl (C=O) groups is 2. The number of amides is 2. The zero-order valence-electron chi connectivity index (χ0n) is 14.7. The topological polar surface area (TPSA) is 76.3 Å². The highest BCUT2D eigenvalue weighted by atomic mass is 32.1. The van der Waals surface area contributed by atoms with Gasteiger partial charge in [-0.3, -0.25) is 9.59 Å². The zero-order chi connectivity index (χ0) is 19.3. The number of benzene rings is 1. The van der Waals surface area contributed by atoms with Crippen molar-refractivity contribution in [1.29, 1.82) is 0 Å². The maximum atomic E-state index is 13.7. The molecule has 2 fully saturated rings. The second-order valence-corrected chi connectivity index (χ2v) is 8.37. The lowest BCUT2D eigenvalue weighted by molar-refractivity contribution is -0.122. The Morgan fingerprint density at radius 1 is 1.26 bits per heavy atom. The number of halogens is 2. The van der Waals surface area contributed by atoms with Crippen LogP contribution >= 0.6 is 11.3 Å². The van der Waals surface area contributed by atoms with Crippen LogP contribution < -0.4 is 5.73 Å². The Bertz CT molecular complexity index is 930. The number of rotatable bonds is 3. The molecule has 1 aliphatic carbocycles. The van der Waals surface area contributed by atoms with E-state index in [-0.39, 0.29) is 23.6 Å². The highest BCUT2D eigenvalue weighted by Crippen LogP contribution is 2.43. The summed E-state index contributed by atoms with van der Waals surface area (Å²) in [4.78, 5) is 31.7. The van der Waals surface area contributed by atoms with Crippen LogP contribution in [0.25, 0.3) is 10.4 Å². The molecule has 1 saturated heterocycles. The summed E-state index contributed by atoms with van der Waals surface area (Å²) in [5, 5.41) is 0.635. The first kappa shape index (κ1) is 18.0. The molecule has 5 nitrogen and oxygen atoms in total. The van der Waals surface area contributed by atoms with Gasteiger partial charge >= 0.3 is 0 Å². The lowest BCUT2D eigenvalue weighted by atomic mass is 10.0. The summed E-state index contributed by atoms with van der Waals surface area (Å²) < 4.78 is 27.0. The van der Waals surface area contributed by atoms with E-state index in [1.54, 1.807) is 11.8 Å². The molecule has 1 aliphatic heterocycles. The van der Waals surface area contributed by atoms with Gasteiger partial charge in [0, 0.05) is 6.04 Å². The van der Waals surface area contributed by atoms with Crippen molar-refractivity contribution >= 4 is 23.2 Å². The number of likely N-dealkylation sites (tertiary alicyclic amines) is 1. The maximum Gasteiger partial charge on any atom is 0.274 e. The smallest absolute Gasteiger partial charge is 0.274 e. The molecule has 1 saturated carbocycles. The van der Waals surface area contributed by atoms with Crippen LogP contribution in [0.3, 0.4) is 0 Å². The number of fused-ring (bicyclic) bond motifs is 1. The molecule has 27 heavy (non-hydrogen) atoms. The molecule has 1 aromatic carbocycles. The molecule has 0 radical (unpaired) electrons. The SMILES string of the molecule is Cc1nc(C(=O)N2[C@H](C(N)=O)C[C@@H]3CCC[C@@H]32)c(-c2ccc(F)c(F)c2)s1. The van der Waals surface area contributed by atoms with Gasteiger partial charge < -0.3 is 10.6 Å². The number of nitrogens with zero attached hydrogens (tertiary/aromatic N) is 2. The van der Waals surface area contributed by atoms with Crippen molar-refractivity contribution in [3.8, 4) is 10.4 Å². The van der Waals surface area contributed by atoms with E-state index < -0.39 is 23.6 Å². The predicted octanol–water partition coefficient (Wildman–Crippen LogP) is 3.27. The molecule has 2 amide bonds. The third kappa shape index (κ3) is 3.01. The van der Waals surface area contributed by atoms with Gasteiger partial charge in [-0.1, -0.05) is 12.5 Å². The molecule has 8 heteroatoms. The van der Waals surface area contributed by atoms with Gasteiger partial charge in [-0.25, -0.2) is 13.8 Å². The van der Waals surface area contributed by atoms with Gasteiger partial charge in [-0.15, -0.1) is 11.3 Å². The van der Waals surface area contributed by atoms with Crippen molar-refractivity contribution in [3.05, 3.63) is 40.5 Å². The van der Waals surface area contributed by atoms with Crippen LogP contribution in [0.1, 0.15) is 41.2 Å². The Hall–Kier alpha value is -2.35. The second kappa shape index (κ2) is 6.67. The number of aryl methyl sites for hydroxylation is 1. The standard InChI is InChI=1S/C19H19F2N3O2S/c1-9-23-16(17(27-9)11-5-6-12(20)13(21)7-11)19(26)24-14-4-2-3-10(14)8-15(24)18(22)25/h5-7,10,14-15H,2-4,8H2,1H3,(H2,22,25)/t10-,14-,15-/m0/s1. The Labute approximate surface area is 159 Å². The van der Waals surface area contributed by atoms with Crippen LogP contribution in [0.2, 0.25) is 0 Å². The van der Waals surface area contributed by atoms with Gasteiger partial charge in [0.2, 0.25) is 5.91 Å². The summed E-state index contributed by atoms with van der Waals surface area (Å²) in [6, 6.07) is 2.86. The minimum atomic E-state index is -0.982. The van der Waals surface area contributed by atoms with E-state index in [0.717, 1.165) is 31.4 Å². The molecule has 0 unspecified atom stereocenters. The fourth-order valence-corrected chi connectivity index (χ4v) is 5.27. The predicted molar refractivity (Wildman–Crippen MR) is 97.1 cm³/mol. The summed E-state index contributed by atoms with van der Waals surface area (Å²) in [5.74, 6) is -2.53. The third-order valence-corrected chi connectivity index (χ3v) is 6.54. The van der Waals surface area contributed by atoms with Crippen molar-refractivity contribution in [3.63, 3.8) is 0 Å². The van der Waals surface area contributed by atoms with E-state index >= 15 is 0 Å². The van der Waals surface area contributed by atoms with Crippen molar-refractivity contribution in [2.24, 2.45) is 11.7 Å². The molecule has 0 spiro atoms. The van der Waals surface area contributed by atoms with E-state index in [4.69, 9.17) is 5.73 Å². The summed E-state index contributed by atoms with van der Waals surface area (Å²) in [5.41, 5.74) is 6.11. The van der Waals surface area contributed by atoms with Crippen LogP contribution in [0.5, 0.6) is 0 Å². The molecule has 4 rings (SSSR count). The second-order valence-electron chi connectivity index (χ2n) is 7.16. The van der Waals surface area contributed by atoms with Crippen molar-refractivity contribution in [2.45, 2.75) is 44.7 Å². The quantitative estimate of drug-likeness (QED) is 0.873. The van der Waals surface area contributed by atoms with Crippen LogP contribution in [-0.4, -0.2) is 33.8 Å². The van der Waals surface area contributed by atoms with Crippen LogP contribution in [0.4, 0.5) is 8.78 Å². The van der Waals surface area contributed by atoms with Crippen molar-refractivity contribution < 1.29 is 18.4 Å².